The van der Waals surface area contributed by atoms with Crippen LogP contribution in [0.25, 0.3) is 0 Å². The van der Waals surface area contributed by atoms with E-state index in [2.05, 4.69) is 34.3 Å². The maximum absolute atomic E-state index is 10.4. The van der Waals surface area contributed by atoms with Crippen molar-refractivity contribution < 1.29 is 14.6 Å². The molecule has 2 aromatic rings. The molecule has 0 aromatic carbocycles. The van der Waals surface area contributed by atoms with Gasteiger partial charge in [-0.05, 0) is 63.1 Å². The molecule has 7 nitrogen and oxygen atoms in total. The van der Waals surface area contributed by atoms with Crippen LogP contribution in [0.1, 0.15) is 76.0 Å². The Kier molecular flexibility index (Phi) is 11.4. The zero-order valence-electron chi connectivity index (χ0n) is 18.8. The molecule has 3 heterocycles. The zero-order valence-corrected chi connectivity index (χ0v) is 18.8. The van der Waals surface area contributed by atoms with Gasteiger partial charge in [0.1, 0.15) is 5.82 Å². The van der Waals surface area contributed by atoms with Gasteiger partial charge in [0, 0.05) is 30.6 Å². The number of carbonyl (C=O) groups is 1. The summed E-state index contributed by atoms with van der Waals surface area (Å²) in [7, 11) is 1.54. The van der Waals surface area contributed by atoms with Crippen molar-refractivity contribution in [2.75, 3.05) is 12.4 Å². The average Bonchev–Trinajstić information content (AvgIpc) is 2.96. The molecule has 0 saturated heterocycles. The van der Waals surface area contributed by atoms with Gasteiger partial charge in [0.2, 0.25) is 0 Å². The second-order valence-electron chi connectivity index (χ2n) is 8.00. The van der Waals surface area contributed by atoms with Crippen LogP contribution < -0.4 is 10.1 Å². The molecule has 1 aliphatic rings. The van der Waals surface area contributed by atoms with Crippen molar-refractivity contribution in [3.8, 4) is 6.01 Å². The molecule has 1 atom stereocenters. The number of aromatic nitrogens is 3. The Morgan fingerprint density at radius 1 is 1.13 bits per heavy atom. The predicted octanol–water partition coefficient (Wildman–Crippen LogP) is 5.06. The number of carboxylic acid groups (broad SMARTS) is 1. The Morgan fingerprint density at radius 2 is 1.84 bits per heavy atom. The van der Waals surface area contributed by atoms with E-state index in [1.54, 1.807) is 18.5 Å². The first-order valence-corrected chi connectivity index (χ1v) is 11.4. The SMILES string of the molecule is CC1CCCc2ccc(CCCCCCCCC(=O)O)nc2N1.COc1ncccn1. The van der Waals surface area contributed by atoms with Crippen LogP contribution in [-0.2, 0) is 17.6 Å². The molecule has 0 fully saturated rings. The van der Waals surface area contributed by atoms with Crippen molar-refractivity contribution in [3.05, 3.63) is 41.9 Å². The van der Waals surface area contributed by atoms with Gasteiger partial charge in [0.25, 0.3) is 0 Å². The highest BCUT2D eigenvalue weighted by atomic mass is 16.5. The van der Waals surface area contributed by atoms with Crippen molar-refractivity contribution in [2.24, 2.45) is 0 Å². The van der Waals surface area contributed by atoms with Gasteiger partial charge in [-0.25, -0.2) is 15.0 Å². The molecule has 2 N–H and O–H groups in total. The number of nitrogens with zero attached hydrogens (tertiary/aromatic N) is 3. The number of ether oxygens (including phenoxy) is 1. The Bertz CT molecular complexity index is 771. The molecule has 0 bridgehead atoms. The minimum atomic E-state index is -0.679. The number of nitrogens with one attached hydrogen (secondary N) is 1. The largest absolute Gasteiger partial charge is 0.481 e. The summed E-state index contributed by atoms with van der Waals surface area (Å²) in [6, 6.07) is 7.10. The van der Waals surface area contributed by atoms with Gasteiger partial charge in [0.15, 0.2) is 0 Å². The molecule has 31 heavy (non-hydrogen) atoms. The third-order valence-corrected chi connectivity index (χ3v) is 5.30. The number of hydrogen-bond donors (Lipinski definition) is 2. The molecule has 1 unspecified atom stereocenters. The van der Waals surface area contributed by atoms with Crippen LogP contribution in [0.4, 0.5) is 5.82 Å². The summed E-state index contributed by atoms with van der Waals surface area (Å²) in [5.41, 5.74) is 2.55. The summed E-state index contributed by atoms with van der Waals surface area (Å²) in [5.74, 6) is 0.420. The van der Waals surface area contributed by atoms with Crippen molar-refractivity contribution in [1.82, 2.24) is 15.0 Å². The van der Waals surface area contributed by atoms with E-state index < -0.39 is 5.97 Å². The predicted molar refractivity (Wildman–Crippen MR) is 123 cm³/mol. The molecular weight excluding hydrogens is 392 g/mol. The lowest BCUT2D eigenvalue weighted by atomic mass is 10.1. The molecule has 7 heteroatoms. The van der Waals surface area contributed by atoms with Gasteiger partial charge in [-0.1, -0.05) is 31.7 Å². The van der Waals surface area contributed by atoms with Crippen LogP contribution in [0.2, 0.25) is 0 Å². The van der Waals surface area contributed by atoms with Crippen LogP contribution >= 0.6 is 0 Å². The zero-order chi connectivity index (χ0) is 22.3. The number of carboxylic acids is 1. The first-order valence-electron chi connectivity index (χ1n) is 11.4. The van der Waals surface area contributed by atoms with Gasteiger partial charge < -0.3 is 15.2 Å². The Morgan fingerprint density at radius 3 is 2.52 bits per heavy atom. The normalized spacial score (nSPS) is 15.0. The second-order valence-corrected chi connectivity index (χ2v) is 8.00. The quantitative estimate of drug-likeness (QED) is 0.510. The van der Waals surface area contributed by atoms with Gasteiger partial charge >= 0.3 is 12.0 Å². The number of hydrogen-bond acceptors (Lipinski definition) is 6. The van der Waals surface area contributed by atoms with E-state index >= 15 is 0 Å². The fourth-order valence-corrected chi connectivity index (χ4v) is 3.58. The molecule has 1 aliphatic heterocycles. The molecule has 2 aromatic heterocycles. The first kappa shape index (κ1) is 24.6. The first-order chi connectivity index (χ1) is 15.1. The maximum Gasteiger partial charge on any atom is 0.315 e. The number of methoxy groups -OCH3 is 1. The summed E-state index contributed by atoms with van der Waals surface area (Å²) in [6.45, 7) is 2.23. The van der Waals surface area contributed by atoms with Crippen LogP contribution in [0.15, 0.2) is 30.6 Å². The van der Waals surface area contributed by atoms with E-state index in [4.69, 9.17) is 14.8 Å². The van der Waals surface area contributed by atoms with Crippen molar-refractivity contribution >= 4 is 11.8 Å². The topological polar surface area (TPSA) is 97.2 Å². The van der Waals surface area contributed by atoms with E-state index in [-0.39, 0.29) is 0 Å². The number of anilines is 1. The number of rotatable bonds is 10. The minimum Gasteiger partial charge on any atom is -0.481 e. The lowest BCUT2D eigenvalue weighted by Crippen LogP contribution is -2.14. The molecular formula is C24H36N4O3. The smallest absolute Gasteiger partial charge is 0.315 e. The summed E-state index contributed by atoms with van der Waals surface area (Å²) in [4.78, 5) is 22.8. The summed E-state index contributed by atoms with van der Waals surface area (Å²) in [6.07, 6.45) is 14.8. The molecule has 0 amide bonds. The summed E-state index contributed by atoms with van der Waals surface area (Å²) < 4.78 is 4.69. The van der Waals surface area contributed by atoms with Gasteiger partial charge in [0.05, 0.1) is 7.11 Å². The van der Waals surface area contributed by atoms with Gasteiger partial charge in [-0.15, -0.1) is 0 Å². The van der Waals surface area contributed by atoms with E-state index in [0.717, 1.165) is 37.9 Å². The molecule has 0 aliphatic carbocycles. The van der Waals surface area contributed by atoms with Crippen LogP contribution in [0.3, 0.4) is 0 Å². The molecule has 0 saturated carbocycles. The van der Waals surface area contributed by atoms with E-state index in [0.29, 0.717) is 18.5 Å². The summed E-state index contributed by atoms with van der Waals surface area (Å²) >= 11 is 0. The van der Waals surface area contributed by atoms with Crippen LogP contribution in [-0.4, -0.2) is 39.2 Å². The highest BCUT2D eigenvalue weighted by molar-refractivity contribution is 5.66. The number of aliphatic carboxylic acids is 1. The van der Waals surface area contributed by atoms with Crippen molar-refractivity contribution in [1.29, 1.82) is 0 Å². The lowest BCUT2D eigenvalue weighted by molar-refractivity contribution is -0.137. The van der Waals surface area contributed by atoms with Crippen LogP contribution in [0.5, 0.6) is 6.01 Å². The maximum atomic E-state index is 10.4. The van der Waals surface area contributed by atoms with E-state index in [9.17, 15) is 4.79 Å². The molecule has 170 valence electrons. The molecule has 0 radical (unpaired) electrons. The van der Waals surface area contributed by atoms with Crippen molar-refractivity contribution in [2.45, 2.75) is 83.6 Å². The third kappa shape index (κ3) is 10.2. The van der Waals surface area contributed by atoms with E-state index in [1.807, 2.05) is 0 Å². The minimum absolute atomic E-state index is 0.310. The monoisotopic (exact) mass is 428 g/mol. The Labute approximate surface area is 185 Å². The third-order valence-electron chi connectivity index (χ3n) is 5.30. The van der Waals surface area contributed by atoms with E-state index in [1.165, 1.54) is 50.5 Å². The van der Waals surface area contributed by atoms with Gasteiger partial charge in [-0.3, -0.25) is 4.79 Å². The number of aryl methyl sites for hydroxylation is 2. The Hall–Kier alpha value is -2.70. The summed E-state index contributed by atoms with van der Waals surface area (Å²) in [5, 5.41) is 12.1. The van der Waals surface area contributed by atoms with Crippen molar-refractivity contribution in [3.63, 3.8) is 0 Å². The number of pyridine rings is 1. The second kappa shape index (κ2) is 14.3. The lowest BCUT2D eigenvalue weighted by Gasteiger charge is -2.13. The highest BCUT2D eigenvalue weighted by Crippen LogP contribution is 2.23. The average molecular weight is 429 g/mol. The molecule has 3 rings (SSSR count). The van der Waals surface area contributed by atoms with Crippen LogP contribution in [0, 0.1) is 0 Å². The Balaban J connectivity index is 0.000000357. The number of unbranched alkanes of at least 4 members (excludes halogenated alkanes) is 5. The fraction of sp³-hybridized carbons (Fsp3) is 0.583. The highest BCUT2D eigenvalue weighted by Gasteiger charge is 2.13. The van der Waals surface area contributed by atoms with Gasteiger partial charge in [-0.2, -0.15) is 0 Å². The fourth-order valence-electron chi connectivity index (χ4n) is 3.58. The number of fused-ring (bicyclic) bond motifs is 1. The molecule has 0 spiro atoms. The standard InChI is InChI=1S/C19H30N2O2.C5H6N2O/c1-15-9-8-10-16-13-14-17(21-19(16)20-15)11-6-4-2-3-5-7-12-18(22)23;1-8-5-6-3-2-4-7-5/h13-15H,2-12H2,1H3,(H,20,21)(H,22,23);2-4H,1H3.